The molecule has 0 radical (unpaired) electrons. The van der Waals surface area contributed by atoms with Gasteiger partial charge in [0.1, 0.15) is 0 Å². The zero-order valence-corrected chi connectivity index (χ0v) is 18.4. The molecular weight excluding hydrogens is 510 g/mol. The Bertz CT molecular complexity index is 909. The second-order valence-electron chi connectivity index (χ2n) is 5.40. The van der Waals surface area contributed by atoms with E-state index in [2.05, 4.69) is 34.7 Å². The van der Waals surface area contributed by atoms with E-state index in [1.54, 1.807) is 33.5 Å². The van der Waals surface area contributed by atoms with Crippen LogP contribution in [0.15, 0.2) is 48.5 Å². The van der Waals surface area contributed by atoms with Gasteiger partial charge in [0.25, 0.3) is 0 Å². The molecule has 0 amide bonds. The van der Waals surface area contributed by atoms with Crippen molar-refractivity contribution in [1.29, 1.82) is 0 Å². The normalized spacial score (nSPS) is 10.5. The fourth-order valence-corrected chi connectivity index (χ4v) is 6.43. The van der Waals surface area contributed by atoms with Crippen LogP contribution in [0.2, 0.25) is 0 Å². The third-order valence-electron chi connectivity index (χ3n) is 3.87. The zero-order chi connectivity index (χ0) is 18.7. The molecule has 0 unspecified atom stereocenters. The molecule has 0 saturated carbocycles. The van der Waals surface area contributed by atoms with Crippen molar-refractivity contribution in [3.8, 4) is 27.2 Å². The molecule has 0 aliphatic rings. The number of carbonyl (C=O) groups is 1. The molecule has 26 heavy (non-hydrogen) atoms. The molecule has 2 aromatic carbocycles. The van der Waals surface area contributed by atoms with Crippen molar-refractivity contribution >= 4 is 42.9 Å². The molecule has 3 aromatic rings. The summed E-state index contributed by atoms with van der Waals surface area (Å²) in [6, 6.07) is 15.6. The summed E-state index contributed by atoms with van der Waals surface area (Å²) in [5.41, 5.74) is 1.70. The van der Waals surface area contributed by atoms with Crippen LogP contribution in [0, 0.1) is 3.57 Å². The number of halogens is 1. The Kier molecular flexibility index (Phi) is 6.06. The van der Waals surface area contributed by atoms with Gasteiger partial charge in [-0.2, -0.15) is 0 Å². The molecule has 3 rings (SSSR count). The predicted molar refractivity (Wildman–Crippen MR) is 111 cm³/mol. The molecule has 1 heterocycles. The zero-order valence-electron chi connectivity index (χ0n) is 14.5. The van der Waals surface area contributed by atoms with Crippen molar-refractivity contribution in [2.45, 2.75) is 0 Å². The van der Waals surface area contributed by atoms with Crippen LogP contribution < -0.4 is 14.2 Å². The van der Waals surface area contributed by atoms with Crippen LogP contribution >= 0.6 is 22.6 Å². The van der Waals surface area contributed by atoms with Gasteiger partial charge in [-0.25, -0.2) is 0 Å². The van der Waals surface area contributed by atoms with E-state index in [4.69, 9.17) is 14.2 Å². The Labute approximate surface area is 172 Å². The summed E-state index contributed by atoms with van der Waals surface area (Å²) in [5, 5.41) is 0. The Morgan fingerprint density at radius 2 is 1.54 bits per heavy atom. The second-order valence-corrected chi connectivity index (χ2v) is 8.77. The van der Waals surface area contributed by atoms with Crippen LogP contribution in [0.3, 0.4) is 0 Å². The second kappa shape index (κ2) is 8.29. The van der Waals surface area contributed by atoms with E-state index in [1.807, 2.05) is 24.3 Å². The van der Waals surface area contributed by atoms with Crippen molar-refractivity contribution in [2.75, 3.05) is 21.3 Å². The first-order valence-corrected chi connectivity index (χ1v) is 10.6. The predicted octanol–water partition coefficient (Wildman–Crippen LogP) is 4.27. The Morgan fingerprint density at radius 3 is 2.08 bits per heavy atom. The molecular formula is C20H17IO4Se. The molecule has 6 heteroatoms. The van der Waals surface area contributed by atoms with Crippen molar-refractivity contribution in [3.05, 3.63) is 62.1 Å². The van der Waals surface area contributed by atoms with Gasteiger partial charge in [0.2, 0.25) is 0 Å². The van der Waals surface area contributed by atoms with Crippen LogP contribution in [-0.4, -0.2) is 41.6 Å². The fourth-order valence-electron chi connectivity index (χ4n) is 2.62. The number of hydrogen-bond acceptors (Lipinski definition) is 4. The minimum atomic E-state index is -0.0463. The van der Waals surface area contributed by atoms with E-state index in [0.29, 0.717) is 22.8 Å². The van der Waals surface area contributed by atoms with E-state index in [0.717, 1.165) is 8.01 Å². The summed E-state index contributed by atoms with van der Waals surface area (Å²) >= 11 is 2.26. The molecule has 0 spiro atoms. The SMILES string of the molecule is COc1cc(C(=O)c2cc(I)c(-c3ccccc3)[se]2)cc(OC)c1OC. The molecule has 0 saturated heterocycles. The molecule has 0 atom stereocenters. The summed E-state index contributed by atoms with van der Waals surface area (Å²) < 4.78 is 19.2. The van der Waals surface area contributed by atoms with Crippen molar-refractivity contribution in [1.82, 2.24) is 0 Å². The summed E-state index contributed by atoms with van der Waals surface area (Å²) in [6.07, 6.45) is 0. The fraction of sp³-hybridized carbons (Fsp3) is 0.150. The Hall–Kier alpha value is -1.76. The number of methoxy groups -OCH3 is 3. The number of ketones is 1. The monoisotopic (exact) mass is 528 g/mol. The first kappa shape index (κ1) is 19.0. The van der Waals surface area contributed by atoms with Gasteiger partial charge in [0, 0.05) is 0 Å². The van der Waals surface area contributed by atoms with Crippen molar-refractivity contribution in [2.24, 2.45) is 0 Å². The molecule has 0 N–H and O–H groups in total. The van der Waals surface area contributed by atoms with Gasteiger partial charge in [-0.1, -0.05) is 0 Å². The average Bonchev–Trinajstić information content (AvgIpc) is 3.08. The summed E-state index contributed by atoms with van der Waals surface area (Å²) in [7, 11) is 4.63. The van der Waals surface area contributed by atoms with Gasteiger partial charge in [-0.05, 0) is 0 Å². The van der Waals surface area contributed by atoms with Crippen LogP contribution in [0.4, 0.5) is 0 Å². The number of hydrogen-bond donors (Lipinski definition) is 0. The van der Waals surface area contributed by atoms with Crippen LogP contribution in [0.5, 0.6) is 17.2 Å². The van der Waals surface area contributed by atoms with Crippen molar-refractivity contribution in [3.63, 3.8) is 0 Å². The van der Waals surface area contributed by atoms with E-state index in [-0.39, 0.29) is 20.3 Å². The molecule has 4 nitrogen and oxygen atoms in total. The topological polar surface area (TPSA) is 44.8 Å². The van der Waals surface area contributed by atoms with E-state index >= 15 is 0 Å². The standard InChI is InChI=1S/C20H17IO4Se/c1-23-15-9-13(10-16(24-2)19(15)25-3)18(22)17-11-14(21)20(26-17)12-7-5-4-6-8-12/h4-11H,1-3H3. The van der Waals surface area contributed by atoms with Gasteiger partial charge < -0.3 is 0 Å². The van der Waals surface area contributed by atoms with Crippen LogP contribution in [0.1, 0.15) is 14.8 Å². The maximum atomic E-state index is 13.1. The Morgan fingerprint density at radius 1 is 0.923 bits per heavy atom. The quantitative estimate of drug-likeness (QED) is 0.273. The van der Waals surface area contributed by atoms with Gasteiger partial charge in [-0.3, -0.25) is 0 Å². The number of carbonyl (C=O) groups excluding carboxylic acids is 1. The van der Waals surface area contributed by atoms with Gasteiger partial charge >= 0.3 is 173 Å². The average molecular weight is 527 g/mol. The molecule has 0 bridgehead atoms. The number of ether oxygens (including phenoxy) is 3. The molecule has 1 aromatic heterocycles. The summed E-state index contributed by atoms with van der Waals surface area (Å²) in [6.45, 7) is 0. The minimum absolute atomic E-state index is 0.00986. The summed E-state index contributed by atoms with van der Waals surface area (Å²) in [5.74, 6) is 1.43. The van der Waals surface area contributed by atoms with Crippen LogP contribution in [0.25, 0.3) is 10.0 Å². The summed E-state index contributed by atoms with van der Waals surface area (Å²) in [4.78, 5) is 13.1. The molecule has 0 aliphatic heterocycles. The molecule has 134 valence electrons. The third kappa shape index (κ3) is 3.68. The maximum absolute atomic E-state index is 13.1. The van der Waals surface area contributed by atoms with Gasteiger partial charge in [0.05, 0.1) is 0 Å². The first-order chi connectivity index (χ1) is 12.6. The van der Waals surface area contributed by atoms with Crippen LogP contribution in [-0.2, 0) is 0 Å². The van der Waals surface area contributed by atoms with Gasteiger partial charge in [-0.15, -0.1) is 0 Å². The molecule has 0 fully saturated rings. The Balaban J connectivity index is 2.03. The first-order valence-electron chi connectivity index (χ1n) is 7.78. The number of rotatable bonds is 6. The van der Waals surface area contributed by atoms with Crippen molar-refractivity contribution < 1.29 is 19.0 Å². The third-order valence-corrected chi connectivity index (χ3v) is 8.03. The van der Waals surface area contributed by atoms with E-state index in [9.17, 15) is 4.79 Å². The molecule has 0 aliphatic carbocycles. The van der Waals surface area contributed by atoms with E-state index < -0.39 is 0 Å². The van der Waals surface area contributed by atoms with Gasteiger partial charge in [0.15, 0.2) is 0 Å². The number of benzene rings is 2. The van der Waals surface area contributed by atoms with E-state index in [1.165, 1.54) is 10.0 Å².